The largest absolute Gasteiger partial charge is 1.00 e. The Labute approximate surface area is 249 Å². The van der Waals surface area contributed by atoms with Crippen molar-refractivity contribution in [2.45, 2.75) is 40.2 Å². The summed E-state index contributed by atoms with van der Waals surface area (Å²) in [7, 11) is -6.23. The van der Waals surface area contributed by atoms with Gasteiger partial charge in [0.1, 0.15) is 0 Å². The Hall–Kier alpha value is -2.25. The fraction of sp³-hybridized carbons (Fsp3) is 0.385. The van der Waals surface area contributed by atoms with Gasteiger partial charge in [0.25, 0.3) is 0 Å². The van der Waals surface area contributed by atoms with Crippen LogP contribution in [0, 0.1) is 16.1 Å². The van der Waals surface area contributed by atoms with Gasteiger partial charge in [0.05, 0.1) is 41.5 Å². The summed E-state index contributed by atoms with van der Waals surface area (Å²) in [4.78, 5) is 39.6. The van der Waals surface area contributed by atoms with Crippen LogP contribution in [0.15, 0.2) is 70.5 Å². The van der Waals surface area contributed by atoms with E-state index in [1.165, 1.54) is 48.5 Å². The Kier molecular flexibility index (Phi) is 8.79. The third-order valence-electron chi connectivity index (χ3n) is 7.78. The van der Waals surface area contributed by atoms with Gasteiger partial charge in [-0.2, -0.15) is 11.7 Å². The minimum Gasteiger partial charge on any atom is -0.469 e. The topological polar surface area (TPSA) is 147 Å². The van der Waals surface area contributed by atoms with Crippen LogP contribution >= 0.6 is 0 Å². The number of benzene rings is 2. The van der Waals surface area contributed by atoms with Crippen molar-refractivity contribution in [3.63, 3.8) is 0 Å². The fourth-order valence-electron chi connectivity index (χ4n) is 6.19. The van der Waals surface area contributed by atoms with E-state index in [0.29, 0.717) is 0 Å². The molecule has 0 bridgehead atoms. The van der Waals surface area contributed by atoms with Crippen molar-refractivity contribution in [3.8, 4) is 0 Å². The van der Waals surface area contributed by atoms with Crippen molar-refractivity contribution in [2.75, 3.05) is 21.3 Å². The van der Waals surface area contributed by atoms with Gasteiger partial charge in [-0.05, 0) is 41.9 Å². The Morgan fingerprint density at radius 2 is 1.18 bits per heavy atom. The van der Waals surface area contributed by atoms with Gasteiger partial charge in [-0.3, -0.25) is 22.8 Å². The molecular formula is C26H27NaO10S2. The predicted octanol–water partition coefficient (Wildman–Crippen LogP) is -0.712. The molecule has 204 valence electrons. The molecule has 13 heteroatoms. The second-order valence-electron chi connectivity index (χ2n) is 9.38. The van der Waals surface area contributed by atoms with Crippen molar-refractivity contribution in [1.82, 2.24) is 0 Å². The van der Waals surface area contributed by atoms with Gasteiger partial charge in [-0.15, -0.1) is 0 Å². The molecule has 10 nitrogen and oxygen atoms in total. The van der Waals surface area contributed by atoms with Crippen LogP contribution in [-0.4, -0.2) is 60.8 Å². The zero-order chi connectivity index (χ0) is 28.0. The summed E-state index contributed by atoms with van der Waals surface area (Å²) in [6.07, 6.45) is -2.17. The number of hydrogen-bond donors (Lipinski definition) is 0. The second kappa shape index (κ2) is 11.0. The summed E-state index contributed by atoms with van der Waals surface area (Å²) in [6.45, 7) is 0. The molecule has 39 heavy (non-hydrogen) atoms. The Balaban J connectivity index is 0.00000420. The monoisotopic (exact) mass is 586 g/mol. The average Bonchev–Trinajstić information content (AvgIpc) is 3.44. The van der Waals surface area contributed by atoms with E-state index in [0.717, 1.165) is 21.3 Å². The Morgan fingerprint density at radius 1 is 0.718 bits per heavy atom. The molecule has 0 saturated heterocycles. The summed E-state index contributed by atoms with van der Waals surface area (Å²) >= 11 is 0. The Morgan fingerprint density at radius 3 is 1.64 bits per heavy atom. The summed E-state index contributed by atoms with van der Waals surface area (Å²) in [5.74, 6) is -3.33. The summed E-state index contributed by atoms with van der Waals surface area (Å²) in [5, 5.41) is -0.486. The van der Waals surface area contributed by atoms with E-state index in [-0.39, 0.29) is 52.2 Å². The molecule has 2 fully saturated rings. The van der Waals surface area contributed by atoms with E-state index in [1.54, 1.807) is 12.1 Å². The van der Waals surface area contributed by atoms with Crippen molar-refractivity contribution in [3.05, 3.63) is 65.9 Å². The van der Waals surface area contributed by atoms with Crippen molar-refractivity contribution >= 4 is 37.6 Å². The first kappa shape index (κ1) is 31.3. The summed E-state index contributed by atoms with van der Waals surface area (Å²) < 4.78 is 69.9. The third kappa shape index (κ3) is 4.26. The molecule has 4 rings (SSSR count). The van der Waals surface area contributed by atoms with E-state index in [9.17, 15) is 31.2 Å². The molecule has 2 aliphatic rings. The van der Waals surface area contributed by atoms with Crippen LogP contribution in [0.5, 0.6) is 0 Å². The molecule has 0 amide bonds. The summed E-state index contributed by atoms with van der Waals surface area (Å²) in [5.41, 5.74) is -4.41. The molecule has 0 unspecified atom stereocenters. The van der Waals surface area contributed by atoms with Crippen LogP contribution < -0.4 is 29.6 Å². The minimum atomic E-state index is -4.78. The maximum Gasteiger partial charge on any atom is 1.00 e. The number of esters is 3. The van der Waals surface area contributed by atoms with Crippen LogP contribution in [0.1, 0.15) is 25.7 Å². The van der Waals surface area contributed by atoms with E-state index < -0.39 is 71.3 Å². The van der Waals surface area contributed by atoms with E-state index in [1.807, 2.05) is 0 Å². The van der Waals surface area contributed by atoms with Crippen LogP contribution in [0.2, 0.25) is 0 Å². The van der Waals surface area contributed by atoms with Gasteiger partial charge in [-0.25, -0.2) is 8.42 Å². The molecule has 2 saturated carbocycles. The smallest absolute Gasteiger partial charge is 0.469 e. The molecule has 0 spiro atoms. The SMILES string of the molecule is COC(=O)C1(C(=O)OC)C[C@]2(C(=O)OC)CC[C-](S(=O)(=O)c3ccccc3)[C@]2(S(=O)(=O)c2ccccc2)C1.[Na+]. The standard InChI is InChI=1S/C26H27O10S2.Na/c1-34-21(27)24(22(28)35-2)16-25(23(29)36-3)15-14-20(37(30,31)18-10-6-4-7-11-18)26(25,17-24)38(32,33)19-12-8-5-9-13-19;/h4-13H,14-17H2,1-3H3;/q-1;+1/t25-,26+;/m0./s1. The number of sulfone groups is 2. The molecule has 0 heterocycles. The molecule has 2 aromatic rings. The van der Waals surface area contributed by atoms with E-state index in [4.69, 9.17) is 14.2 Å². The third-order valence-corrected chi connectivity index (χ3v) is 12.6. The van der Waals surface area contributed by atoms with Crippen molar-refractivity contribution in [2.24, 2.45) is 10.8 Å². The van der Waals surface area contributed by atoms with Gasteiger partial charge in [-0.1, -0.05) is 42.8 Å². The van der Waals surface area contributed by atoms with Crippen LogP contribution in [-0.2, 0) is 48.3 Å². The maximum atomic E-state index is 14.7. The number of carbonyl (C=O) groups excluding carboxylic acids is 3. The molecule has 2 atom stereocenters. The first-order valence-electron chi connectivity index (χ1n) is 11.6. The first-order chi connectivity index (χ1) is 17.9. The van der Waals surface area contributed by atoms with Gasteiger partial charge in [0.15, 0.2) is 15.3 Å². The van der Waals surface area contributed by atoms with Crippen LogP contribution in [0.3, 0.4) is 0 Å². The zero-order valence-corrected chi connectivity index (χ0v) is 25.6. The number of rotatable bonds is 7. The molecular weight excluding hydrogens is 559 g/mol. The second-order valence-corrected chi connectivity index (χ2v) is 13.5. The normalized spacial score (nSPS) is 24.2. The van der Waals surface area contributed by atoms with Crippen LogP contribution in [0.25, 0.3) is 0 Å². The molecule has 2 aliphatic carbocycles. The van der Waals surface area contributed by atoms with Gasteiger partial charge in [0, 0.05) is 4.90 Å². The van der Waals surface area contributed by atoms with Gasteiger partial charge in [0.2, 0.25) is 0 Å². The van der Waals surface area contributed by atoms with Gasteiger partial charge >= 0.3 is 47.5 Å². The molecule has 0 aromatic heterocycles. The quantitative estimate of drug-likeness (QED) is 0.134. The average molecular weight is 587 g/mol. The van der Waals surface area contributed by atoms with Gasteiger partial charge < -0.3 is 14.2 Å². The number of ether oxygens (including phenoxy) is 3. The first-order valence-corrected chi connectivity index (χ1v) is 14.6. The number of carbonyl (C=O) groups is 3. The maximum absolute atomic E-state index is 14.7. The van der Waals surface area contributed by atoms with Crippen molar-refractivity contribution < 1.29 is 75.0 Å². The molecule has 0 radical (unpaired) electrons. The summed E-state index contributed by atoms with van der Waals surface area (Å²) in [6, 6.07) is 14.2. The molecule has 2 aromatic carbocycles. The Bertz CT molecular complexity index is 1460. The van der Waals surface area contributed by atoms with E-state index in [2.05, 4.69) is 0 Å². The number of methoxy groups -OCH3 is 3. The molecule has 0 N–H and O–H groups in total. The predicted molar refractivity (Wildman–Crippen MR) is 133 cm³/mol. The fourth-order valence-corrected chi connectivity index (χ4v) is 11.3. The molecule has 0 aliphatic heterocycles. The zero-order valence-electron chi connectivity index (χ0n) is 22.0. The number of hydrogen-bond acceptors (Lipinski definition) is 10. The number of fused-ring (bicyclic) bond motifs is 1. The van der Waals surface area contributed by atoms with Crippen molar-refractivity contribution in [1.29, 1.82) is 0 Å². The minimum absolute atomic E-state index is 0. The van der Waals surface area contributed by atoms with E-state index >= 15 is 0 Å². The van der Waals surface area contributed by atoms with Crippen LogP contribution in [0.4, 0.5) is 0 Å².